The van der Waals surface area contributed by atoms with E-state index in [9.17, 15) is 0 Å². The van der Waals surface area contributed by atoms with Gasteiger partial charge in [0, 0.05) is 17.1 Å². The molecule has 0 saturated heterocycles. The van der Waals surface area contributed by atoms with E-state index >= 15 is 0 Å². The fourth-order valence-corrected chi connectivity index (χ4v) is 2.80. The molecule has 1 atom stereocenters. The summed E-state index contributed by atoms with van der Waals surface area (Å²) in [6.07, 6.45) is 5.22. The van der Waals surface area contributed by atoms with Gasteiger partial charge in [-0.15, -0.1) is 0 Å². The molecule has 1 N–H and O–H groups in total. The molecule has 0 fully saturated rings. The first-order chi connectivity index (χ1) is 8.65. The zero-order valence-electron chi connectivity index (χ0n) is 11.9. The van der Waals surface area contributed by atoms with Crippen molar-refractivity contribution in [1.29, 1.82) is 0 Å². The molecule has 0 heterocycles. The van der Waals surface area contributed by atoms with Gasteiger partial charge in [-0.1, -0.05) is 74.2 Å². The Morgan fingerprint density at radius 2 is 1.89 bits per heavy atom. The summed E-state index contributed by atoms with van der Waals surface area (Å²) in [5.41, 5.74) is 1.45. The van der Waals surface area contributed by atoms with E-state index in [0.29, 0.717) is 12.0 Å². The lowest BCUT2D eigenvalue weighted by Crippen LogP contribution is -2.28. The maximum absolute atomic E-state index is 3.69. The lowest BCUT2D eigenvalue weighted by Gasteiger charge is -2.21. The maximum atomic E-state index is 3.69. The standard InChI is InChI=1S/C16H26BrN/c1-4-5-6-9-14(12-18-13(2)3)15-10-7-8-11-16(15)17/h7-8,10-11,13-14,18H,4-6,9,12H2,1-3H3. The molecule has 1 nitrogen and oxygen atoms in total. The van der Waals surface area contributed by atoms with Crippen LogP contribution >= 0.6 is 15.9 Å². The first-order valence-corrected chi connectivity index (χ1v) is 7.92. The Morgan fingerprint density at radius 3 is 2.50 bits per heavy atom. The molecule has 0 radical (unpaired) electrons. The second kappa shape index (κ2) is 8.71. The molecule has 2 heteroatoms. The summed E-state index contributed by atoms with van der Waals surface area (Å²) >= 11 is 3.69. The molecule has 0 saturated carbocycles. The number of hydrogen-bond donors (Lipinski definition) is 1. The van der Waals surface area contributed by atoms with Crippen LogP contribution in [-0.2, 0) is 0 Å². The van der Waals surface area contributed by atoms with E-state index < -0.39 is 0 Å². The van der Waals surface area contributed by atoms with Crippen molar-refractivity contribution in [2.24, 2.45) is 0 Å². The third-order valence-corrected chi connectivity index (χ3v) is 4.00. The Morgan fingerprint density at radius 1 is 1.17 bits per heavy atom. The van der Waals surface area contributed by atoms with Crippen molar-refractivity contribution in [3.63, 3.8) is 0 Å². The Hall–Kier alpha value is -0.340. The highest BCUT2D eigenvalue weighted by atomic mass is 79.9. The van der Waals surface area contributed by atoms with Crippen LogP contribution in [0.4, 0.5) is 0 Å². The quantitative estimate of drug-likeness (QED) is 0.658. The number of halogens is 1. The number of unbranched alkanes of at least 4 members (excludes halogenated alkanes) is 2. The van der Waals surface area contributed by atoms with Gasteiger partial charge < -0.3 is 5.32 Å². The molecule has 1 aromatic rings. The molecule has 0 aliphatic heterocycles. The van der Waals surface area contributed by atoms with Crippen LogP contribution in [0.5, 0.6) is 0 Å². The summed E-state index contributed by atoms with van der Waals surface area (Å²) in [6.45, 7) is 7.76. The van der Waals surface area contributed by atoms with Crippen LogP contribution in [0.2, 0.25) is 0 Å². The SMILES string of the molecule is CCCCCC(CNC(C)C)c1ccccc1Br. The molecule has 102 valence electrons. The van der Waals surface area contributed by atoms with Crippen molar-refractivity contribution >= 4 is 15.9 Å². The van der Waals surface area contributed by atoms with E-state index in [-0.39, 0.29) is 0 Å². The minimum atomic E-state index is 0.557. The highest BCUT2D eigenvalue weighted by molar-refractivity contribution is 9.10. The molecule has 1 rings (SSSR count). The first-order valence-electron chi connectivity index (χ1n) is 7.13. The third kappa shape index (κ3) is 5.53. The number of rotatable bonds is 8. The number of hydrogen-bond acceptors (Lipinski definition) is 1. The van der Waals surface area contributed by atoms with Gasteiger partial charge in [-0.3, -0.25) is 0 Å². The van der Waals surface area contributed by atoms with E-state index in [0.717, 1.165) is 6.54 Å². The van der Waals surface area contributed by atoms with Gasteiger partial charge in [0.05, 0.1) is 0 Å². The Kier molecular flexibility index (Phi) is 7.60. The van der Waals surface area contributed by atoms with Gasteiger partial charge in [0.2, 0.25) is 0 Å². The molecule has 1 unspecified atom stereocenters. The molecule has 0 amide bonds. The monoisotopic (exact) mass is 311 g/mol. The molecule has 0 aliphatic carbocycles. The van der Waals surface area contributed by atoms with E-state index in [4.69, 9.17) is 0 Å². The maximum Gasteiger partial charge on any atom is 0.0210 e. The van der Waals surface area contributed by atoms with Gasteiger partial charge in [-0.25, -0.2) is 0 Å². The summed E-state index contributed by atoms with van der Waals surface area (Å²) < 4.78 is 1.25. The van der Waals surface area contributed by atoms with Gasteiger partial charge in [0.15, 0.2) is 0 Å². The van der Waals surface area contributed by atoms with Crippen LogP contribution in [0.3, 0.4) is 0 Å². The van der Waals surface area contributed by atoms with Gasteiger partial charge in [-0.05, 0) is 24.0 Å². The minimum Gasteiger partial charge on any atom is -0.314 e. The highest BCUT2D eigenvalue weighted by Gasteiger charge is 2.14. The molecular weight excluding hydrogens is 286 g/mol. The molecule has 0 bridgehead atoms. The Balaban J connectivity index is 2.66. The Bertz CT molecular complexity index is 336. The van der Waals surface area contributed by atoms with Crippen molar-refractivity contribution in [3.05, 3.63) is 34.3 Å². The van der Waals surface area contributed by atoms with Crippen molar-refractivity contribution in [1.82, 2.24) is 5.32 Å². The fourth-order valence-electron chi connectivity index (χ4n) is 2.19. The summed E-state index contributed by atoms with van der Waals surface area (Å²) in [4.78, 5) is 0. The van der Waals surface area contributed by atoms with E-state index in [1.54, 1.807) is 0 Å². The van der Waals surface area contributed by atoms with Crippen LogP contribution in [-0.4, -0.2) is 12.6 Å². The predicted octanol–water partition coefficient (Wildman–Crippen LogP) is 5.11. The summed E-state index contributed by atoms with van der Waals surface area (Å²) in [5.74, 6) is 0.620. The number of benzene rings is 1. The van der Waals surface area contributed by atoms with Crippen molar-refractivity contribution in [2.45, 2.75) is 58.4 Å². The molecule has 1 aromatic carbocycles. The van der Waals surface area contributed by atoms with Crippen molar-refractivity contribution in [2.75, 3.05) is 6.54 Å². The topological polar surface area (TPSA) is 12.0 Å². The van der Waals surface area contributed by atoms with Gasteiger partial charge in [0.25, 0.3) is 0 Å². The smallest absolute Gasteiger partial charge is 0.0210 e. The normalized spacial score (nSPS) is 12.9. The second-order valence-electron chi connectivity index (χ2n) is 5.28. The average Bonchev–Trinajstić information content (AvgIpc) is 2.34. The minimum absolute atomic E-state index is 0.557. The van der Waals surface area contributed by atoms with Crippen LogP contribution < -0.4 is 5.32 Å². The molecule has 0 aromatic heterocycles. The lowest BCUT2D eigenvalue weighted by molar-refractivity contribution is 0.489. The average molecular weight is 312 g/mol. The first kappa shape index (κ1) is 15.7. The van der Waals surface area contributed by atoms with Crippen LogP contribution in [0.15, 0.2) is 28.7 Å². The van der Waals surface area contributed by atoms with Gasteiger partial charge in [0.1, 0.15) is 0 Å². The fraction of sp³-hybridized carbons (Fsp3) is 0.625. The van der Waals surface area contributed by atoms with E-state index in [1.165, 1.54) is 35.7 Å². The second-order valence-corrected chi connectivity index (χ2v) is 6.13. The third-order valence-electron chi connectivity index (χ3n) is 3.27. The summed E-state index contributed by atoms with van der Waals surface area (Å²) in [7, 11) is 0. The van der Waals surface area contributed by atoms with Crippen molar-refractivity contribution in [3.8, 4) is 0 Å². The largest absolute Gasteiger partial charge is 0.314 e. The van der Waals surface area contributed by atoms with Crippen LogP contribution in [0.1, 0.15) is 57.9 Å². The van der Waals surface area contributed by atoms with Crippen LogP contribution in [0.25, 0.3) is 0 Å². The zero-order chi connectivity index (χ0) is 13.4. The summed E-state index contributed by atoms with van der Waals surface area (Å²) in [5, 5.41) is 3.58. The Labute approximate surface area is 120 Å². The lowest BCUT2D eigenvalue weighted by atomic mass is 9.93. The van der Waals surface area contributed by atoms with Gasteiger partial charge in [-0.2, -0.15) is 0 Å². The molecule has 0 spiro atoms. The van der Waals surface area contributed by atoms with E-state index in [2.05, 4.69) is 66.3 Å². The summed E-state index contributed by atoms with van der Waals surface area (Å²) in [6, 6.07) is 9.19. The zero-order valence-corrected chi connectivity index (χ0v) is 13.5. The van der Waals surface area contributed by atoms with E-state index in [1.807, 2.05) is 0 Å². The van der Waals surface area contributed by atoms with Gasteiger partial charge >= 0.3 is 0 Å². The predicted molar refractivity (Wildman–Crippen MR) is 84.2 cm³/mol. The van der Waals surface area contributed by atoms with Crippen LogP contribution in [0, 0.1) is 0 Å². The molecule has 18 heavy (non-hydrogen) atoms. The number of nitrogens with one attached hydrogen (secondary N) is 1. The molecule has 0 aliphatic rings. The highest BCUT2D eigenvalue weighted by Crippen LogP contribution is 2.28. The molecular formula is C16H26BrN. The van der Waals surface area contributed by atoms with Crippen molar-refractivity contribution < 1.29 is 0 Å².